The van der Waals surface area contributed by atoms with Crippen LogP contribution in [0.2, 0.25) is 0 Å². The summed E-state index contributed by atoms with van der Waals surface area (Å²) in [4.78, 5) is 0. The molecule has 4 heteroatoms. The molecule has 1 saturated heterocycles. The first-order chi connectivity index (χ1) is 4.64. The van der Waals surface area contributed by atoms with E-state index in [1.54, 1.807) is 6.66 Å². The summed E-state index contributed by atoms with van der Waals surface area (Å²) in [7, 11) is -2.31. The summed E-state index contributed by atoms with van der Waals surface area (Å²) < 4.78 is 21.4. The van der Waals surface area contributed by atoms with E-state index in [-0.39, 0.29) is 6.10 Å². The van der Waals surface area contributed by atoms with Crippen LogP contribution in [-0.2, 0) is 13.8 Å². The summed E-state index contributed by atoms with van der Waals surface area (Å²) in [5.41, 5.74) is 0. The van der Waals surface area contributed by atoms with Gasteiger partial charge in [-0.05, 0) is 6.92 Å². The van der Waals surface area contributed by atoms with Gasteiger partial charge in [-0.2, -0.15) is 0 Å². The molecule has 0 aliphatic carbocycles. The molecule has 0 saturated carbocycles. The maximum Gasteiger partial charge on any atom is 0.202 e. The standard InChI is InChI=1S/C6H13O3P/c1-3-9-10(2,7)5-6-4-8-6/h6H,3-5H2,1-2H3. The monoisotopic (exact) mass is 164 g/mol. The Balaban J connectivity index is 2.26. The molecule has 0 N–H and O–H groups in total. The van der Waals surface area contributed by atoms with Gasteiger partial charge in [0, 0.05) is 6.66 Å². The first-order valence-corrected chi connectivity index (χ1v) is 5.72. The smallest absolute Gasteiger partial charge is 0.202 e. The lowest BCUT2D eigenvalue weighted by Gasteiger charge is -2.09. The van der Waals surface area contributed by atoms with Gasteiger partial charge in [-0.3, -0.25) is 4.57 Å². The lowest BCUT2D eigenvalue weighted by atomic mass is 10.6. The molecule has 1 aliphatic rings. The molecular formula is C6H13O3P. The predicted molar refractivity (Wildman–Crippen MR) is 39.8 cm³/mol. The third-order valence-electron chi connectivity index (χ3n) is 1.34. The van der Waals surface area contributed by atoms with E-state index in [2.05, 4.69) is 0 Å². The first-order valence-electron chi connectivity index (χ1n) is 3.47. The summed E-state index contributed by atoms with van der Waals surface area (Å²) in [6.07, 6.45) is 0.795. The van der Waals surface area contributed by atoms with Crippen LogP contribution < -0.4 is 0 Å². The number of hydrogen-bond donors (Lipinski definition) is 0. The average molecular weight is 164 g/mol. The van der Waals surface area contributed by atoms with Gasteiger partial charge in [0.1, 0.15) is 0 Å². The van der Waals surface area contributed by atoms with E-state index in [1.165, 1.54) is 0 Å². The topological polar surface area (TPSA) is 38.8 Å². The highest BCUT2D eigenvalue weighted by Gasteiger charge is 2.30. The maximum absolute atomic E-state index is 11.4. The molecule has 0 aromatic rings. The van der Waals surface area contributed by atoms with E-state index in [0.29, 0.717) is 12.8 Å². The largest absolute Gasteiger partial charge is 0.373 e. The number of ether oxygens (including phenoxy) is 1. The van der Waals surface area contributed by atoms with Crippen molar-refractivity contribution in [2.24, 2.45) is 0 Å². The third-order valence-corrected chi connectivity index (χ3v) is 3.21. The van der Waals surface area contributed by atoms with Crippen molar-refractivity contribution in [3.8, 4) is 0 Å². The van der Waals surface area contributed by atoms with E-state index in [0.717, 1.165) is 6.61 Å². The quantitative estimate of drug-likeness (QED) is 0.464. The van der Waals surface area contributed by atoms with Crippen LogP contribution in [0.1, 0.15) is 6.92 Å². The van der Waals surface area contributed by atoms with Gasteiger partial charge in [0.25, 0.3) is 0 Å². The molecule has 1 rings (SSSR count). The molecule has 0 bridgehead atoms. The molecule has 2 unspecified atom stereocenters. The Kier molecular flexibility index (Phi) is 2.50. The third kappa shape index (κ3) is 2.82. The predicted octanol–water partition coefficient (Wildman–Crippen LogP) is 1.33. The Labute approximate surface area is 61.2 Å². The van der Waals surface area contributed by atoms with Gasteiger partial charge in [-0.15, -0.1) is 0 Å². The molecule has 1 heterocycles. The number of rotatable bonds is 4. The van der Waals surface area contributed by atoms with Crippen molar-refractivity contribution in [2.45, 2.75) is 13.0 Å². The summed E-state index contributed by atoms with van der Waals surface area (Å²) in [6.45, 7) is 4.80. The highest BCUT2D eigenvalue weighted by molar-refractivity contribution is 7.58. The highest BCUT2D eigenvalue weighted by atomic mass is 31.2. The zero-order valence-electron chi connectivity index (χ0n) is 6.37. The Morgan fingerprint density at radius 1 is 1.80 bits per heavy atom. The van der Waals surface area contributed by atoms with Gasteiger partial charge in [0.15, 0.2) is 0 Å². The van der Waals surface area contributed by atoms with Crippen molar-refractivity contribution in [3.05, 3.63) is 0 Å². The Morgan fingerprint density at radius 3 is 2.80 bits per heavy atom. The van der Waals surface area contributed by atoms with E-state index < -0.39 is 7.37 Å². The molecule has 3 nitrogen and oxygen atoms in total. The number of hydrogen-bond acceptors (Lipinski definition) is 3. The Morgan fingerprint density at radius 2 is 2.40 bits per heavy atom. The summed E-state index contributed by atoms with van der Waals surface area (Å²) in [5, 5.41) is 0. The van der Waals surface area contributed by atoms with Crippen LogP contribution in [0.15, 0.2) is 0 Å². The van der Waals surface area contributed by atoms with Gasteiger partial charge in [0.05, 0.1) is 25.5 Å². The fourth-order valence-electron chi connectivity index (χ4n) is 0.869. The fraction of sp³-hybridized carbons (Fsp3) is 1.00. The van der Waals surface area contributed by atoms with Crippen molar-refractivity contribution in [1.82, 2.24) is 0 Å². The van der Waals surface area contributed by atoms with Crippen molar-refractivity contribution >= 4 is 7.37 Å². The van der Waals surface area contributed by atoms with Gasteiger partial charge >= 0.3 is 0 Å². The number of epoxide rings is 1. The lowest BCUT2D eigenvalue weighted by Crippen LogP contribution is -1.99. The van der Waals surface area contributed by atoms with Crippen LogP contribution >= 0.6 is 7.37 Å². The van der Waals surface area contributed by atoms with Crippen molar-refractivity contribution in [2.75, 3.05) is 26.0 Å². The normalized spacial score (nSPS) is 29.6. The van der Waals surface area contributed by atoms with Gasteiger partial charge in [-0.1, -0.05) is 0 Å². The highest BCUT2D eigenvalue weighted by Crippen LogP contribution is 2.45. The maximum atomic E-state index is 11.4. The molecule has 0 aromatic carbocycles. The van der Waals surface area contributed by atoms with Crippen LogP contribution in [-0.4, -0.2) is 32.1 Å². The van der Waals surface area contributed by atoms with Gasteiger partial charge in [-0.25, -0.2) is 0 Å². The zero-order chi connectivity index (χ0) is 7.61. The van der Waals surface area contributed by atoms with Crippen molar-refractivity contribution in [3.63, 3.8) is 0 Å². The molecule has 1 fully saturated rings. The molecule has 0 amide bonds. The van der Waals surface area contributed by atoms with Gasteiger partial charge in [0.2, 0.25) is 7.37 Å². The van der Waals surface area contributed by atoms with Crippen LogP contribution in [0.3, 0.4) is 0 Å². The van der Waals surface area contributed by atoms with Crippen molar-refractivity contribution < 1.29 is 13.8 Å². The summed E-state index contributed by atoms with van der Waals surface area (Å²) >= 11 is 0. The summed E-state index contributed by atoms with van der Waals surface area (Å²) in [6, 6.07) is 0. The lowest BCUT2D eigenvalue weighted by molar-refractivity contribution is 0.331. The summed E-state index contributed by atoms with van der Waals surface area (Å²) in [5.74, 6) is 0. The molecule has 1 aliphatic heterocycles. The molecule has 10 heavy (non-hydrogen) atoms. The minimum atomic E-state index is -2.31. The van der Waals surface area contributed by atoms with E-state index in [9.17, 15) is 4.57 Å². The van der Waals surface area contributed by atoms with Gasteiger partial charge < -0.3 is 9.26 Å². The fourth-order valence-corrected chi connectivity index (χ4v) is 2.47. The Hall–Kier alpha value is 0.150. The van der Waals surface area contributed by atoms with Crippen molar-refractivity contribution in [1.29, 1.82) is 0 Å². The second-order valence-electron chi connectivity index (χ2n) is 2.57. The molecule has 0 spiro atoms. The molecule has 2 atom stereocenters. The minimum absolute atomic E-state index is 0.211. The zero-order valence-corrected chi connectivity index (χ0v) is 7.27. The first kappa shape index (κ1) is 8.25. The van der Waals surface area contributed by atoms with Crippen LogP contribution in [0.4, 0.5) is 0 Å². The minimum Gasteiger partial charge on any atom is -0.373 e. The molecule has 0 aromatic heterocycles. The Bertz CT molecular complexity index is 153. The van der Waals surface area contributed by atoms with E-state index in [4.69, 9.17) is 9.26 Å². The average Bonchev–Trinajstić information content (AvgIpc) is 2.48. The SMILES string of the molecule is CCOP(C)(=O)CC1CO1. The van der Waals surface area contributed by atoms with E-state index in [1.807, 2.05) is 6.92 Å². The molecular weight excluding hydrogens is 151 g/mol. The van der Waals surface area contributed by atoms with E-state index >= 15 is 0 Å². The molecule has 0 radical (unpaired) electrons. The van der Waals surface area contributed by atoms with Crippen LogP contribution in [0.5, 0.6) is 0 Å². The second-order valence-corrected chi connectivity index (χ2v) is 5.22. The van der Waals surface area contributed by atoms with Crippen LogP contribution in [0.25, 0.3) is 0 Å². The second kappa shape index (κ2) is 3.04. The van der Waals surface area contributed by atoms with Crippen LogP contribution in [0, 0.1) is 0 Å². The molecule has 60 valence electrons.